The molecule has 1 saturated heterocycles. The summed E-state index contributed by atoms with van der Waals surface area (Å²) in [4.78, 5) is 16.3. The number of ether oxygens (including phenoxy) is 3. The Morgan fingerprint density at radius 2 is 1.75 bits per heavy atom. The number of phenols is 1. The number of benzene rings is 3. The first-order chi connectivity index (χ1) is 19.6. The number of carbonyl (C=O) groups is 1. The first kappa shape index (κ1) is 28.0. The average molecular weight is 545 g/mol. The van der Waals surface area contributed by atoms with Gasteiger partial charge in [-0.15, -0.1) is 0 Å². The third-order valence-corrected chi connectivity index (χ3v) is 7.88. The standard InChI is InChI=1S/C33H40N2O5/c1-38-15-4-16-40-30-18-23(17-29(20-30)39-2)22-35(27-9-10-27)33(37)32-21-34-14-13-31(32)26-6-3-5-25(19-26)24-7-11-28(36)12-8-24/h3,5-8,11-12,17-20,27,31-32,34,36H,4,9-10,13-16,21-22H2,1-2H3/t31-,32+/m1/s1. The number of nitrogens with zero attached hydrogens (tertiary/aromatic N) is 1. The summed E-state index contributed by atoms with van der Waals surface area (Å²) in [5.41, 5.74) is 4.34. The van der Waals surface area contributed by atoms with Crippen LogP contribution in [0.5, 0.6) is 17.2 Å². The van der Waals surface area contributed by atoms with Gasteiger partial charge in [0.1, 0.15) is 17.2 Å². The quantitative estimate of drug-likeness (QED) is 0.299. The van der Waals surface area contributed by atoms with Gasteiger partial charge >= 0.3 is 0 Å². The zero-order chi connectivity index (χ0) is 27.9. The van der Waals surface area contributed by atoms with Crippen LogP contribution in [-0.2, 0) is 16.1 Å². The van der Waals surface area contributed by atoms with Crippen LogP contribution in [-0.4, -0.2) is 62.5 Å². The van der Waals surface area contributed by atoms with E-state index in [4.69, 9.17) is 14.2 Å². The number of nitrogens with one attached hydrogen (secondary N) is 1. The van der Waals surface area contributed by atoms with Crippen LogP contribution in [0.2, 0.25) is 0 Å². The Kier molecular flexibility index (Phi) is 9.24. The van der Waals surface area contributed by atoms with E-state index < -0.39 is 0 Å². The van der Waals surface area contributed by atoms with E-state index in [2.05, 4.69) is 34.5 Å². The van der Waals surface area contributed by atoms with E-state index in [0.717, 1.165) is 60.4 Å². The lowest BCUT2D eigenvalue weighted by molar-refractivity contribution is -0.138. The molecule has 0 spiro atoms. The van der Waals surface area contributed by atoms with Crippen molar-refractivity contribution in [2.24, 2.45) is 5.92 Å². The van der Waals surface area contributed by atoms with E-state index in [1.165, 1.54) is 5.56 Å². The predicted octanol–water partition coefficient (Wildman–Crippen LogP) is 5.37. The van der Waals surface area contributed by atoms with E-state index in [1.54, 1.807) is 26.4 Å². The van der Waals surface area contributed by atoms with Crippen molar-refractivity contribution < 1.29 is 24.1 Å². The second kappa shape index (κ2) is 13.2. The molecule has 1 aliphatic carbocycles. The Labute approximate surface area is 237 Å². The number of hydrogen-bond donors (Lipinski definition) is 2. The fourth-order valence-electron chi connectivity index (χ4n) is 5.62. The zero-order valence-corrected chi connectivity index (χ0v) is 23.5. The van der Waals surface area contributed by atoms with Gasteiger partial charge in [0.05, 0.1) is 19.6 Å². The highest BCUT2D eigenvalue weighted by Crippen LogP contribution is 2.38. The maximum Gasteiger partial charge on any atom is 0.228 e. The molecule has 2 aliphatic rings. The maximum atomic E-state index is 14.2. The van der Waals surface area contributed by atoms with Gasteiger partial charge in [0, 0.05) is 45.3 Å². The van der Waals surface area contributed by atoms with Crippen LogP contribution in [0.1, 0.15) is 42.7 Å². The van der Waals surface area contributed by atoms with Gasteiger partial charge in [0.15, 0.2) is 0 Å². The van der Waals surface area contributed by atoms with E-state index in [9.17, 15) is 9.90 Å². The van der Waals surface area contributed by atoms with Crippen LogP contribution in [0.15, 0.2) is 66.7 Å². The van der Waals surface area contributed by atoms with E-state index in [1.807, 2.05) is 30.3 Å². The lowest BCUT2D eigenvalue weighted by Crippen LogP contribution is -2.47. The highest BCUT2D eigenvalue weighted by atomic mass is 16.5. The number of carbonyl (C=O) groups excluding carboxylic acids is 1. The molecular formula is C33H40N2O5. The van der Waals surface area contributed by atoms with Crippen molar-refractivity contribution in [3.63, 3.8) is 0 Å². The van der Waals surface area contributed by atoms with Gasteiger partial charge in [-0.3, -0.25) is 4.79 Å². The van der Waals surface area contributed by atoms with Gasteiger partial charge in [-0.25, -0.2) is 0 Å². The molecule has 0 aromatic heterocycles. The molecule has 5 rings (SSSR count). The van der Waals surface area contributed by atoms with Crippen LogP contribution in [0, 0.1) is 5.92 Å². The van der Waals surface area contributed by atoms with Crippen molar-refractivity contribution in [1.82, 2.24) is 10.2 Å². The van der Waals surface area contributed by atoms with Crippen molar-refractivity contribution >= 4 is 5.91 Å². The number of methoxy groups -OCH3 is 2. The van der Waals surface area contributed by atoms with Crippen molar-refractivity contribution in [2.45, 2.75) is 44.2 Å². The lowest BCUT2D eigenvalue weighted by atomic mass is 9.79. The Bertz CT molecular complexity index is 1270. The molecule has 7 nitrogen and oxygen atoms in total. The summed E-state index contributed by atoms with van der Waals surface area (Å²) < 4.78 is 16.7. The van der Waals surface area contributed by atoms with Crippen LogP contribution >= 0.6 is 0 Å². The zero-order valence-electron chi connectivity index (χ0n) is 23.5. The molecule has 1 aliphatic heterocycles. The summed E-state index contributed by atoms with van der Waals surface area (Å²) in [7, 11) is 3.34. The topological polar surface area (TPSA) is 80.3 Å². The minimum Gasteiger partial charge on any atom is -0.508 e. The van der Waals surface area contributed by atoms with Gasteiger partial charge in [0.25, 0.3) is 0 Å². The second-order valence-electron chi connectivity index (χ2n) is 10.8. The van der Waals surface area contributed by atoms with Gasteiger partial charge in [-0.2, -0.15) is 0 Å². The number of phenolic OH excluding ortho intramolecular Hbond substituents is 1. The first-order valence-corrected chi connectivity index (χ1v) is 14.3. The highest BCUT2D eigenvalue weighted by molar-refractivity contribution is 5.81. The first-order valence-electron chi connectivity index (χ1n) is 14.3. The summed E-state index contributed by atoms with van der Waals surface area (Å²) in [5.74, 6) is 1.93. The molecule has 2 N–H and O–H groups in total. The highest BCUT2D eigenvalue weighted by Gasteiger charge is 2.40. The molecule has 1 amide bonds. The monoisotopic (exact) mass is 544 g/mol. The van der Waals surface area contributed by atoms with Crippen LogP contribution in [0.25, 0.3) is 11.1 Å². The van der Waals surface area contributed by atoms with Crippen LogP contribution in [0.4, 0.5) is 0 Å². The number of amides is 1. The average Bonchev–Trinajstić information content (AvgIpc) is 3.84. The molecule has 1 saturated carbocycles. The van der Waals surface area contributed by atoms with Gasteiger partial charge in [0.2, 0.25) is 5.91 Å². The SMILES string of the molecule is COCCCOc1cc(CN(C(=O)[C@H]2CNCC[C@@H]2c2cccc(-c3ccc(O)cc3)c2)C2CC2)cc(OC)c1. The Morgan fingerprint density at radius 3 is 2.50 bits per heavy atom. The minimum atomic E-state index is -0.139. The summed E-state index contributed by atoms with van der Waals surface area (Å²) in [5, 5.41) is 13.2. The normalized spacial score (nSPS) is 18.8. The molecule has 3 aromatic rings. The summed E-state index contributed by atoms with van der Waals surface area (Å²) >= 11 is 0. The van der Waals surface area contributed by atoms with Crippen molar-refractivity contribution in [2.75, 3.05) is 40.5 Å². The second-order valence-corrected chi connectivity index (χ2v) is 10.8. The van der Waals surface area contributed by atoms with Gasteiger partial charge < -0.3 is 29.5 Å². The predicted molar refractivity (Wildman–Crippen MR) is 156 cm³/mol. The molecule has 40 heavy (non-hydrogen) atoms. The van der Waals surface area contributed by atoms with Gasteiger partial charge in [-0.1, -0.05) is 36.4 Å². The molecule has 2 atom stereocenters. The smallest absolute Gasteiger partial charge is 0.228 e. The van der Waals surface area contributed by atoms with E-state index in [-0.39, 0.29) is 29.5 Å². The van der Waals surface area contributed by atoms with Crippen LogP contribution in [0.3, 0.4) is 0 Å². The summed E-state index contributed by atoms with van der Waals surface area (Å²) in [6, 6.07) is 22.0. The number of piperidine rings is 1. The summed E-state index contributed by atoms with van der Waals surface area (Å²) in [6.07, 6.45) is 3.79. The Hall–Kier alpha value is -3.55. The molecule has 0 bridgehead atoms. The minimum absolute atomic E-state index is 0.136. The van der Waals surface area contributed by atoms with Crippen molar-refractivity contribution in [1.29, 1.82) is 0 Å². The van der Waals surface area contributed by atoms with E-state index in [0.29, 0.717) is 26.3 Å². The third kappa shape index (κ3) is 6.95. The number of hydrogen-bond acceptors (Lipinski definition) is 6. The molecule has 0 radical (unpaired) electrons. The molecule has 212 valence electrons. The molecule has 1 heterocycles. The molecule has 7 heteroatoms. The molecule has 0 unspecified atom stereocenters. The maximum absolute atomic E-state index is 14.2. The van der Waals surface area contributed by atoms with Crippen LogP contribution < -0.4 is 14.8 Å². The Balaban J connectivity index is 1.35. The third-order valence-electron chi connectivity index (χ3n) is 7.88. The molecular weight excluding hydrogens is 504 g/mol. The molecule has 3 aromatic carbocycles. The number of rotatable bonds is 12. The van der Waals surface area contributed by atoms with Crippen molar-refractivity contribution in [3.05, 3.63) is 77.9 Å². The fourth-order valence-corrected chi connectivity index (χ4v) is 5.62. The van der Waals surface area contributed by atoms with Crippen molar-refractivity contribution in [3.8, 4) is 28.4 Å². The molecule has 2 fully saturated rings. The number of aromatic hydroxyl groups is 1. The summed E-state index contributed by atoms with van der Waals surface area (Å²) in [6.45, 7) is 3.30. The van der Waals surface area contributed by atoms with E-state index >= 15 is 0 Å². The lowest BCUT2D eigenvalue weighted by Gasteiger charge is -2.36. The Morgan fingerprint density at radius 1 is 0.950 bits per heavy atom. The van der Waals surface area contributed by atoms with Gasteiger partial charge in [-0.05, 0) is 78.2 Å². The largest absolute Gasteiger partial charge is 0.508 e. The fraction of sp³-hybridized carbons (Fsp3) is 0.424.